The van der Waals surface area contributed by atoms with Crippen LogP contribution in [-0.4, -0.2) is 39.9 Å². The maximum Gasteiger partial charge on any atom is 0.273 e. The number of benzene rings is 3. The second-order valence-electron chi connectivity index (χ2n) is 8.22. The highest BCUT2D eigenvalue weighted by Gasteiger charge is 2.43. The lowest BCUT2D eigenvalue weighted by molar-refractivity contribution is 0.0725. The van der Waals surface area contributed by atoms with E-state index < -0.39 is 6.04 Å². The van der Waals surface area contributed by atoms with E-state index in [4.69, 9.17) is 14.6 Å². The van der Waals surface area contributed by atoms with E-state index in [0.29, 0.717) is 18.0 Å². The number of aromatic hydroxyl groups is 1. The summed E-state index contributed by atoms with van der Waals surface area (Å²) < 4.78 is 12.3. The summed E-state index contributed by atoms with van der Waals surface area (Å²) in [5.41, 5.74) is 4.88. The minimum Gasteiger partial charge on any atom is -0.504 e. The van der Waals surface area contributed by atoms with Crippen LogP contribution in [0.3, 0.4) is 0 Å². The van der Waals surface area contributed by atoms with Gasteiger partial charge >= 0.3 is 0 Å². The number of aromatic nitrogens is 2. The Hall–Kier alpha value is -4.26. The van der Waals surface area contributed by atoms with Crippen molar-refractivity contribution in [2.45, 2.75) is 12.6 Å². The maximum absolute atomic E-state index is 13.7. The van der Waals surface area contributed by atoms with Gasteiger partial charge in [-0.25, -0.2) is 0 Å². The van der Waals surface area contributed by atoms with Crippen molar-refractivity contribution in [3.63, 3.8) is 0 Å². The van der Waals surface area contributed by atoms with Crippen LogP contribution < -0.4 is 9.47 Å². The molecular weight excluding hydrogens is 430 g/mol. The predicted octanol–water partition coefficient (Wildman–Crippen LogP) is 4.56. The Labute approximate surface area is 197 Å². The van der Waals surface area contributed by atoms with E-state index in [2.05, 4.69) is 0 Å². The van der Waals surface area contributed by atoms with Crippen molar-refractivity contribution < 1.29 is 19.4 Å². The number of ether oxygens (including phenoxy) is 2. The van der Waals surface area contributed by atoms with Gasteiger partial charge in [-0.1, -0.05) is 36.4 Å². The third kappa shape index (κ3) is 3.55. The molecule has 0 saturated heterocycles. The molecule has 1 amide bonds. The molecule has 0 bridgehead atoms. The minimum absolute atomic E-state index is 0.0481. The fourth-order valence-corrected chi connectivity index (χ4v) is 4.58. The highest BCUT2D eigenvalue weighted by Crippen LogP contribution is 2.45. The molecule has 0 fully saturated rings. The lowest BCUT2D eigenvalue weighted by atomic mass is 9.95. The first-order valence-electron chi connectivity index (χ1n) is 10.9. The van der Waals surface area contributed by atoms with Crippen molar-refractivity contribution in [3.05, 3.63) is 95.2 Å². The van der Waals surface area contributed by atoms with Gasteiger partial charge in [-0.2, -0.15) is 5.10 Å². The second-order valence-corrected chi connectivity index (χ2v) is 8.22. The number of phenols is 1. The maximum atomic E-state index is 13.7. The number of carbonyl (C=O) groups is 1. The third-order valence-corrected chi connectivity index (χ3v) is 6.21. The number of carbonyl (C=O) groups excluding carboxylic acids is 1. The van der Waals surface area contributed by atoms with Crippen LogP contribution in [0.5, 0.6) is 17.2 Å². The van der Waals surface area contributed by atoms with Crippen LogP contribution in [-0.2, 0) is 13.6 Å². The molecule has 1 aliphatic rings. The summed E-state index contributed by atoms with van der Waals surface area (Å²) >= 11 is 0. The monoisotopic (exact) mass is 455 g/mol. The molecular formula is C27H25N3O4. The standard InChI is InChI=1S/C27H25N3O4/c1-29-26-23(24(28-29)18-9-12-20(33-2)13-10-18)25(19-11-14-21(31)22(15-19)34-3)30(27(26)32)16-17-7-5-4-6-8-17/h4-15,25,31H,16H2,1-3H3/t25-/m1/s1. The Kier molecular flexibility index (Phi) is 5.45. The van der Waals surface area contributed by atoms with Crippen LogP contribution in [0.15, 0.2) is 72.8 Å². The van der Waals surface area contributed by atoms with Crippen molar-refractivity contribution in [1.29, 1.82) is 0 Å². The predicted molar refractivity (Wildman–Crippen MR) is 128 cm³/mol. The summed E-state index contributed by atoms with van der Waals surface area (Å²) in [4.78, 5) is 15.6. The molecule has 0 aliphatic carbocycles. The Morgan fingerprint density at radius 1 is 0.971 bits per heavy atom. The van der Waals surface area contributed by atoms with Crippen molar-refractivity contribution in [2.75, 3.05) is 14.2 Å². The summed E-state index contributed by atoms with van der Waals surface area (Å²) in [6.07, 6.45) is 0. The zero-order valence-electron chi connectivity index (χ0n) is 19.2. The number of rotatable bonds is 6. The van der Waals surface area contributed by atoms with E-state index >= 15 is 0 Å². The zero-order chi connectivity index (χ0) is 23.8. The first-order chi connectivity index (χ1) is 16.5. The molecule has 2 heterocycles. The molecule has 5 rings (SSSR count). The number of fused-ring (bicyclic) bond motifs is 1. The van der Waals surface area contributed by atoms with Crippen LogP contribution in [0.2, 0.25) is 0 Å². The number of hydrogen-bond donors (Lipinski definition) is 1. The van der Waals surface area contributed by atoms with Gasteiger partial charge in [-0.15, -0.1) is 0 Å². The van der Waals surface area contributed by atoms with Gasteiger partial charge in [0, 0.05) is 24.7 Å². The first kappa shape index (κ1) is 21.6. The van der Waals surface area contributed by atoms with Gasteiger partial charge in [0.1, 0.15) is 11.4 Å². The smallest absolute Gasteiger partial charge is 0.273 e. The Balaban J connectivity index is 1.69. The zero-order valence-corrected chi connectivity index (χ0v) is 19.2. The van der Waals surface area contributed by atoms with E-state index in [1.165, 1.54) is 7.11 Å². The summed E-state index contributed by atoms with van der Waals surface area (Å²) in [5, 5.41) is 14.9. The highest BCUT2D eigenvalue weighted by molar-refractivity contribution is 6.00. The molecule has 7 nitrogen and oxygen atoms in total. The van der Waals surface area contributed by atoms with Gasteiger partial charge in [0.15, 0.2) is 11.5 Å². The van der Waals surface area contributed by atoms with E-state index in [1.54, 1.807) is 31.0 Å². The van der Waals surface area contributed by atoms with E-state index in [1.807, 2.05) is 65.6 Å². The normalized spacial score (nSPS) is 14.9. The highest BCUT2D eigenvalue weighted by atomic mass is 16.5. The molecule has 0 radical (unpaired) electrons. The number of nitrogens with zero attached hydrogens (tertiary/aromatic N) is 3. The van der Waals surface area contributed by atoms with E-state index in [0.717, 1.165) is 33.7 Å². The van der Waals surface area contributed by atoms with Gasteiger partial charge in [0.05, 0.1) is 26.0 Å². The Morgan fingerprint density at radius 3 is 2.38 bits per heavy atom. The SMILES string of the molecule is COc1ccc(-c2nn(C)c3c2[C@@H](c2ccc(O)c(OC)c2)N(Cc2ccccc2)C3=O)cc1. The van der Waals surface area contributed by atoms with Gasteiger partial charge < -0.3 is 19.5 Å². The average molecular weight is 456 g/mol. The molecule has 34 heavy (non-hydrogen) atoms. The summed E-state index contributed by atoms with van der Waals surface area (Å²) in [6, 6.07) is 22.4. The second kappa shape index (κ2) is 8.59. The molecule has 4 aromatic rings. The molecule has 0 saturated carbocycles. The number of methoxy groups -OCH3 is 2. The Morgan fingerprint density at radius 2 is 1.71 bits per heavy atom. The molecule has 1 aromatic heterocycles. The number of amides is 1. The van der Waals surface area contributed by atoms with Crippen LogP contribution in [0, 0.1) is 0 Å². The topological polar surface area (TPSA) is 76.8 Å². The number of phenolic OH excluding ortho intramolecular Hbond substituents is 1. The molecule has 1 atom stereocenters. The molecule has 1 aliphatic heterocycles. The van der Waals surface area contributed by atoms with Crippen molar-refractivity contribution in [2.24, 2.45) is 7.05 Å². The summed E-state index contributed by atoms with van der Waals surface area (Å²) in [7, 11) is 4.94. The largest absolute Gasteiger partial charge is 0.504 e. The first-order valence-corrected chi connectivity index (χ1v) is 10.9. The van der Waals surface area contributed by atoms with Crippen molar-refractivity contribution in [3.8, 4) is 28.5 Å². The Bertz CT molecular complexity index is 1350. The van der Waals surface area contributed by atoms with Crippen LogP contribution in [0.1, 0.15) is 33.2 Å². The minimum atomic E-state index is -0.400. The lowest BCUT2D eigenvalue weighted by Gasteiger charge is -2.27. The molecule has 3 aromatic carbocycles. The molecule has 172 valence electrons. The number of hydrogen-bond acceptors (Lipinski definition) is 5. The van der Waals surface area contributed by atoms with Gasteiger partial charge in [-0.05, 0) is 47.5 Å². The van der Waals surface area contributed by atoms with Crippen LogP contribution in [0.4, 0.5) is 0 Å². The van der Waals surface area contributed by atoms with Gasteiger partial charge in [-0.3, -0.25) is 9.48 Å². The molecule has 0 unspecified atom stereocenters. The third-order valence-electron chi connectivity index (χ3n) is 6.21. The van der Waals surface area contributed by atoms with E-state index in [-0.39, 0.29) is 11.7 Å². The summed E-state index contributed by atoms with van der Waals surface area (Å²) in [6.45, 7) is 0.435. The molecule has 7 heteroatoms. The fraction of sp³-hybridized carbons (Fsp3) is 0.185. The quantitative estimate of drug-likeness (QED) is 0.461. The van der Waals surface area contributed by atoms with Crippen molar-refractivity contribution >= 4 is 5.91 Å². The van der Waals surface area contributed by atoms with Crippen LogP contribution in [0.25, 0.3) is 11.3 Å². The average Bonchev–Trinajstić information content (AvgIpc) is 3.35. The van der Waals surface area contributed by atoms with Crippen molar-refractivity contribution in [1.82, 2.24) is 14.7 Å². The van der Waals surface area contributed by atoms with Gasteiger partial charge in [0.2, 0.25) is 0 Å². The molecule has 0 spiro atoms. The fourth-order valence-electron chi connectivity index (χ4n) is 4.58. The van der Waals surface area contributed by atoms with Gasteiger partial charge in [0.25, 0.3) is 5.91 Å². The molecule has 1 N–H and O–H groups in total. The number of aryl methyl sites for hydroxylation is 1. The lowest BCUT2D eigenvalue weighted by Crippen LogP contribution is -2.29. The summed E-state index contributed by atoms with van der Waals surface area (Å²) in [5.74, 6) is 1.06. The van der Waals surface area contributed by atoms with Crippen LogP contribution >= 0.6 is 0 Å². The van der Waals surface area contributed by atoms with E-state index in [9.17, 15) is 9.90 Å².